The first-order chi connectivity index (χ1) is 5.31. The molecule has 0 radical (unpaired) electrons. The van der Waals surface area contributed by atoms with E-state index in [0.717, 1.165) is 19.3 Å². The number of allylic oxidation sites excluding steroid dienone is 2. The van der Waals surface area contributed by atoms with Crippen LogP contribution in [0.3, 0.4) is 0 Å². The molecule has 0 N–H and O–H groups in total. The average molecular weight is 154 g/mol. The summed E-state index contributed by atoms with van der Waals surface area (Å²) in [6.45, 7) is 3.59. The van der Waals surface area contributed by atoms with Gasteiger partial charge in [-0.15, -0.1) is 6.58 Å². The monoisotopic (exact) mass is 154 g/mol. The van der Waals surface area contributed by atoms with Gasteiger partial charge >= 0.3 is 5.97 Å². The number of ether oxygens (including phenoxy) is 1. The fraction of sp³-hybridized carbons (Fsp3) is 0.444. The zero-order chi connectivity index (χ0) is 8.53. The van der Waals surface area contributed by atoms with Gasteiger partial charge in [-0.25, -0.2) is 4.79 Å². The van der Waals surface area contributed by atoms with Crippen molar-refractivity contribution in [1.82, 2.24) is 0 Å². The Morgan fingerprint density at radius 1 is 1.55 bits per heavy atom. The predicted molar refractivity (Wildman–Crippen MR) is 45.2 cm³/mol. The number of carbonyl (C=O) groups excluding carboxylic acids is 1. The van der Waals surface area contributed by atoms with Crippen LogP contribution in [-0.4, -0.2) is 13.1 Å². The molecule has 2 heteroatoms. The van der Waals surface area contributed by atoms with Gasteiger partial charge in [-0.1, -0.05) is 12.2 Å². The average Bonchev–Trinajstić information content (AvgIpc) is 2.04. The Labute approximate surface area is 67.6 Å². The first-order valence-electron chi connectivity index (χ1n) is 3.66. The molecule has 62 valence electrons. The van der Waals surface area contributed by atoms with E-state index in [9.17, 15) is 4.79 Å². The summed E-state index contributed by atoms with van der Waals surface area (Å²) in [5.41, 5.74) is 0. The Balaban J connectivity index is 3.29. The Morgan fingerprint density at radius 3 is 2.82 bits per heavy atom. The van der Waals surface area contributed by atoms with Crippen LogP contribution in [0.25, 0.3) is 0 Å². The molecule has 0 amide bonds. The van der Waals surface area contributed by atoms with Crippen LogP contribution in [0.15, 0.2) is 24.8 Å². The van der Waals surface area contributed by atoms with Crippen LogP contribution in [0.4, 0.5) is 0 Å². The topological polar surface area (TPSA) is 26.3 Å². The quantitative estimate of drug-likeness (QED) is 0.262. The van der Waals surface area contributed by atoms with Gasteiger partial charge in [-0.2, -0.15) is 0 Å². The summed E-state index contributed by atoms with van der Waals surface area (Å²) in [6.07, 6.45) is 8.06. The van der Waals surface area contributed by atoms with Crippen molar-refractivity contribution in [2.45, 2.75) is 19.3 Å². The fourth-order valence-electron chi connectivity index (χ4n) is 0.628. The first kappa shape index (κ1) is 9.95. The summed E-state index contributed by atoms with van der Waals surface area (Å²) in [5.74, 6) is -0.288. The van der Waals surface area contributed by atoms with Gasteiger partial charge in [-0.05, 0) is 19.3 Å². The third-order valence-corrected chi connectivity index (χ3v) is 1.23. The van der Waals surface area contributed by atoms with E-state index >= 15 is 0 Å². The largest absolute Gasteiger partial charge is 0.466 e. The van der Waals surface area contributed by atoms with E-state index in [1.807, 2.05) is 12.2 Å². The van der Waals surface area contributed by atoms with Crippen LogP contribution < -0.4 is 0 Å². The van der Waals surface area contributed by atoms with E-state index < -0.39 is 0 Å². The summed E-state index contributed by atoms with van der Waals surface area (Å²) in [4.78, 5) is 10.5. The van der Waals surface area contributed by atoms with Crippen LogP contribution in [-0.2, 0) is 9.53 Å². The van der Waals surface area contributed by atoms with Gasteiger partial charge in [0.1, 0.15) is 0 Å². The second kappa shape index (κ2) is 7.06. The minimum Gasteiger partial charge on any atom is -0.466 e. The zero-order valence-electron chi connectivity index (χ0n) is 6.88. The van der Waals surface area contributed by atoms with Crippen molar-refractivity contribution < 1.29 is 9.53 Å². The molecular weight excluding hydrogens is 140 g/mol. The SMILES string of the molecule is C=CCCC/C=C/C(=O)OC. The maximum atomic E-state index is 10.5. The highest BCUT2D eigenvalue weighted by atomic mass is 16.5. The smallest absolute Gasteiger partial charge is 0.330 e. The lowest BCUT2D eigenvalue weighted by atomic mass is 10.2. The number of rotatable bonds is 5. The number of hydrogen-bond donors (Lipinski definition) is 0. The van der Waals surface area contributed by atoms with E-state index in [1.165, 1.54) is 13.2 Å². The molecule has 0 aliphatic heterocycles. The third kappa shape index (κ3) is 6.84. The zero-order valence-corrected chi connectivity index (χ0v) is 6.88. The van der Waals surface area contributed by atoms with E-state index in [-0.39, 0.29) is 5.97 Å². The second-order valence-corrected chi connectivity index (χ2v) is 2.15. The van der Waals surface area contributed by atoms with Gasteiger partial charge in [0.25, 0.3) is 0 Å². The maximum Gasteiger partial charge on any atom is 0.330 e. The van der Waals surface area contributed by atoms with Gasteiger partial charge in [0.2, 0.25) is 0 Å². The standard InChI is InChI=1S/C9H14O2/c1-3-4-5-6-7-8-9(10)11-2/h3,7-8H,1,4-6H2,2H3/b8-7+. The van der Waals surface area contributed by atoms with Crippen molar-refractivity contribution >= 4 is 5.97 Å². The minimum absolute atomic E-state index is 0.288. The molecule has 11 heavy (non-hydrogen) atoms. The molecule has 0 bridgehead atoms. The van der Waals surface area contributed by atoms with E-state index in [1.54, 1.807) is 0 Å². The molecule has 0 aliphatic carbocycles. The molecule has 0 aromatic heterocycles. The molecule has 0 unspecified atom stereocenters. The number of hydrogen-bond acceptors (Lipinski definition) is 2. The van der Waals surface area contributed by atoms with Gasteiger partial charge in [-0.3, -0.25) is 0 Å². The molecule has 0 saturated carbocycles. The maximum absolute atomic E-state index is 10.5. The Bertz CT molecular complexity index is 148. The fourth-order valence-corrected chi connectivity index (χ4v) is 0.628. The molecule has 0 spiro atoms. The summed E-state index contributed by atoms with van der Waals surface area (Å²) < 4.78 is 4.41. The summed E-state index contributed by atoms with van der Waals surface area (Å²) >= 11 is 0. The molecule has 0 saturated heterocycles. The Hall–Kier alpha value is -1.05. The predicted octanol–water partition coefficient (Wildman–Crippen LogP) is 2.07. The normalized spacial score (nSPS) is 9.91. The van der Waals surface area contributed by atoms with Gasteiger partial charge < -0.3 is 4.74 Å². The van der Waals surface area contributed by atoms with Gasteiger partial charge in [0.05, 0.1) is 7.11 Å². The molecule has 2 nitrogen and oxygen atoms in total. The summed E-state index contributed by atoms with van der Waals surface area (Å²) in [5, 5.41) is 0. The molecule has 0 atom stereocenters. The number of methoxy groups -OCH3 is 1. The van der Waals surface area contributed by atoms with E-state index in [2.05, 4.69) is 11.3 Å². The highest BCUT2D eigenvalue weighted by Gasteiger charge is 1.88. The molecule has 0 aromatic carbocycles. The van der Waals surface area contributed by atoms with Crippen molar-refractivity contribution in [1.29, 1.82) is 0 Å². The van der Waals surface area contributed by atoms with Crippen LogP contribution >= 0.6 is 0 Å². The second-order valence-electron chi connectivity index (χ2n) is 2.15. The van der Waals surface area contributed by atoms with E-state index in [4.69, 9.17) is 0 Å². The summed E-state index contributed by atoms with van der Waals surface area (Å²) in [6, 6.07) is 0. The summed E-state index contributed by atoms with van der Waals surface area (Å²) in [7, 11) is 1.37. The lowest BCUT2D eigenvalue weighted by molar-refractivity contribution is -0.134. The van der Waals surface area contributed by atoms with Crippen LogP contribution in [0.5, 0.6) is 0 Å². The van der Waals surface area contributed by atoms with Crippen molar-refractivity contribution in [3.05, 3.63) is 24.8 Å². The first-order valence-corrected chi connectivity index (χ1v) is 3.66. The van der Waals surface area contributed by atoms with Crippen molar-refractivity contribution in [3.8, 4) is 0 Å². The highest BCUT2D eigenvalue weighted by Crippen LogP contribution is 1.96. The third-order valence-electron chi connectivity index (χ3n) is 1.23. The molecule has 0 rings (SSSR count). The Kier molecular flexibility index (Phi) is 6.39. The van der Waals surface area contributed by atoms with Crippen molar-refractivity contribution in [3.63, 3.8) is 0 Å². The van der Waals surface area contributed by atoms with Crippen molar-refractivity contribution in [2.75, 3.05) is 7.11 Å². The van der Waals surface area contributed by atoms with Crippen LogP contribution in [0.2, 0.25) is 0 Å². The molecule has 0 aliphatic rings. The lowest BCUT2D eigenvalue weighted by Gasteiger charge is -1.90. The van der Waals surface area contributed by atoms with Crippen LogP contribution in [0.1, 0.15) is 19.3 Å². The molecule has 0 aromatic rings. The minimum atomic E-state index is -0.288. The van der Waals surface area contributed by atoms with Crippen LogP contribution in [0, 0.1) is 0 Å². The highest BCUT2D eigenvalue weighted by molar-refractivity contribution is 5.81. The molecule has 0 fully saturated rings. The van der Waals surface area contributed by atoms with E-state index in [0.29, 0.717) is 0 Å². The lowest BCUT2D eigenvalue weighted by Crippen LogP contribution is -1.93. The number of esters is 1. The molecule has 0 heterocycles. The van der Waals surface area contributed by atoms with Gasteiger partial charge in [0, 0.05) is 6.08 Å². The van der Waals surface area contributed by atoms with Crippen molar-refractivity contribution in [2.24, 2.45) is 0 Å². The Morgan fingerprint density at radius 2 is 2.27 bits per heavy atom. The van der Waals surface area contributed by atoms with Gasteiger partial charge in [0.15, 0.2) is 0 Å². The molecular formula is C9H14O2. The number of unbranched alkanes of at least 4 members (excludes halogenated alkanes) is 2. The number of carbonyl (C=O) groups is 1.